The first-order valence-electron chi connectivity index (χ1n) is 5.16. The second-order valence-electron chi connectivity index (χ2n) is 3.68. The van der Waals surface area contributed by atoms with Gasteiger partial charge in [-0.1, -0.05) is 0 Å². The van der Waals surface area contributed by atoms with Crippen molar-refractivity contribution in [1.29, 1.82) is 0 Å². The van der Waals surface area contributed by atoms with E-state index in [0.29, 0.717) is 0 Å². The van der Waals surface area contributed by atoms with Crippen molar-refractivity contribution in [2.75, 3.05) is 25.0 Å². The molecule has 4 heteroatoms. The number of rotatable bonds is 3. The van der Waals surface area contributed by atoms with Gasteiger partial charge in [0.25, 0.3) is 0 Å². The molecule has 2 heterocycles. The lowest BCUT2D eigenvalue weighted by Crippen LogP contribution is -2.33. The second-order valence-corrected chi connectivity index (χ2v) is 3.68. The van der Waals surface area contributed by atoms with Crippen molar-refractivity contribution in [3.05, 3.63) is 18.6 Å². The number of aromatic nitrogens is 2. The molecule has 1 aromatic heterocycles. The Morgan fingerprint density at radius 1 is 1.50 bits per heavy atom. The van der Waals surface area contributed by atoms with Gasteiger partial charge in [0.05, 0.1) is 6.20 Å². The summed E-state index contributed by atoms with van der Waals surface area (Å²) >= 11 is 0. The predicted octanol–water partition coefficient (Wildman–Crippen LogP) is 0.888. The molecule has 2 rings (SSSR count). The number of anilines is 1. The average molecular weight is 192 g/mol. The highest BCUT2D eigenvalue weighted by atomic mass is 15.0. The molecule has 0 unspecified atom stereocenters. The minimum absolute atomic E-state index is 0.728. The van der Waals surface area contributed by atoms with Crippen molar-refractivity contribution in [3.63, 3.8) is 0 Å². The Labute approximate surface area is 84.2 Å². The summed E-state index contributed by atoms with van der Waals surface area (Å²) in [6, 6.07) is 0. The Hall–Kier alpha value is -1.16. The number of piperidine rings is 1. The van der Waals surface area contributed by atoms with Crippen LogP contribution in [0.3, 0.4) is 0 Å². The summed E-state index contributed by atoms with van der Waals surface area (Å²) in [5, 5.41) is 6.70. The van der Waals surface area contributed by atoms with Crippen LogP contribution in [0, 0.1) is 5.92 Å². The molecule has 2 N–H and O–H groups in total. The van der Waals surface area contributed by atoms with Gasteiger partial charge in [-0.25, -0.2) is 4.98 Å². The van der Waals surface area contributed by atoms with E-state index in [0.717, 1.165) is 24.8 Å². The van der Waals surface area contributed by atoms with E-state index < -0.39 is 0 Å². The largest absolute Gasteiger partial charge is 0.368 e. The molecule has 4 nitrogen and oxygen atoms in total. The molecule has 14 heavy (non-hydrogen) atoms. The molecule has 1 fully saturated rings. The van der Waals surface area contributed by atoms with Gasteiger partial charge >= 0.3 is 0 Å². The number of nitrogens with zero attached hydrogens (tertiary/aromatic N) is 2. The lowest BCUT2D eigenvalue weighted by molar-refractivity contribution is 0.392. The van der Waals surface area contributed by atoms with Crippen LogP contribution in [0.1, 0.15) is 12.8 Å². The van der Waals surface area contributed by atoms with Crippen LogP contribution in [0.15, 0.2) is 18.6 Å². The molecule has 0 bridgehead atoms. The summed E-state index contributed by atoms with van der Waals surface area (Å²) in [7, 11) is 0. The van der Waals surface area contributed by atoms with Crippen molar-refractivity contribution in [2.24, 2.45) is 5.92 Å². The molecular formula is C10H16N4. The molecule has 1 aliphatic heterocycles. The Kier molecular flexibility index (Phi) is 3.29. The summed E-state index contributed by atoms with van der Waals surface area (Å²) in [5.74, 6) is 1.60. The summed E-state index contributed by atoms with van der Waals surface area (Å²) in [4.78, 5) is 8.18. The van der Waals surface area contributed by atoms with Crippen LogP contribution in [0.2, 0.25) is 0 Å². The topological polar surface area (TPSA) is 49.8 Å². The van der Waals surface area contributed by atoms with E-state index in [4.69, 9.17) is 0 Å². The fourth-order valence-corrected chi connectivity index (χ4v) is 1.74. The van der Waals surface area contributed by atoms with Gasteiger partial charge < -0.3 is 10.6 Å². The van der Waals surface area contributed by atoms with Crippen LogP contribution in [0.5, 0.6) is 0 Å². The average Bonchev–Trinajstić information content (AvgIpc) is 2.29. The fourth-order valence-electron chi connectivity index (χ4n) is 1.74. The summed E-state index contributed by atoms with van der Waals surface area (Å²) < 4.78 is 0. The van der Waals surface area contributed by atoms with Crippen molar-refractivity contribution in [2.45, 2.75) is 12.8 Å². The maximum absolute atomic E-state index is 4.17. The third-order valence-electron chi connectivity index (χ3n) is 2.53. The highest BCUT2D eigenvalue weighted by Gasteiger charge is 2.12. The Bertz CT molecular complexity index is 256. The SMILES string of the molecule is c1cnc(NC[C@@H]2CCCNC2)cn1. The van der Waals surface area contributed by atoms with Crippen molar-refractivity contribution >= 4 is 5.82 Å². The van der Waals surface area contributed by atoms with Gasteiger partial charge in [0.1, 0.15) is 5.82 Å². The minimum Gasteiger partial charge on any atom is -0.368 e. The van der Waals surface area contributed by atoms with E-state index in [-0.39, 0.29) is 0 Å². The number of hydrogen-bond donors (Lipinski definition) is 2. The summed E-state index contributed by atoms with van der Waals surface area (Å²) in [6.07, 6.45) is 7.75. The van der Waals surface area contributed by atoms with E-state index >= 15 is 0 Å². The van der Waals surface area contributed by atoms with Crippen LogP contribution in [-0.4, -0.2) is 29.6 Å². The second kappa shape index (κ2) is 4.91. The van der Waals surface area contributed by atoms with Gasteiger partial charge in [-0.05, 0) is 31.8 Å². The zero-order valence-electron chi connectivity index (χ0n) is 8.24. The van der Waals surface area contributed by atoms with E-state index in [1.807, 2.05) is 0 Å². The third-order valence-corrected chi connectivity index (χ3v) is 2.53. The molecule has 1 atom stereocenters. The predicted molar refractivity (Wildman–Crippen MR) is 56.1 cm³/mol. The van der Waals surface area contributed by atoms with Gasteiger partial charge in [-0.2, -0.15) is 0 Å². The minimum atomic E-state index is 0.728. The van der Waals surface area contributed by atoms with Gasteiger partial charge in [0.2, 0.25) is 0 Å². The highest BCUT2D eigenvalue weighted by Crippen LogP contribution is 2.10. The van der Waals surface area contributed by atoms with E-state index in [2.05, 4.69) is 20.6 Å². The fraction of sp³-hybridized carbons (Fsp3) is 0.600. The Morgan fingerprint density at radius 3 is 3.21 bits per heavy atom. The zero-order valence-corrected chi connectivity index (χ0v) is 8.24. The lowest BCUT2D eigenvalue weighted by Gasteiger charge is -2.22. The first-order chi connectivity index (χ1) is 6.95. The van der Waals surface area contributed by atoms with Crippen LogP contribution >= 0.6 is 0 Å². The molecule has 0 aliphatic carbocycles. The van der Waals surface area contributed by atoms with Crippen molar-refractivity contribution in [3.8, 4) is 0 Å². The summed E-state index contributed by atoms with van der Waals surface area (Å²) in [6.45, 7) is 3.28. The van der Waals surface area contributed by atoms with Gasteiger partial charge in [0.15, 0.2) is 0 Å². The molecule has 76 valence electrons. The zero-order chi connectivity index (χ0) is 9.64. The van der Waals surface area contributed by atoms with E-state index in [1.165, 1.54) is 19.4 Å². The van der Waals surface area contributed by atoms with Crippen LogP contribution in [0.4, 0.5) is 5.82 Å². The molecule has 0 saturated carbocycles. The normalized spacial score (nSPS) is 21.9. The van der Waals surface area contributed by atoms with Crippen molar-refractivity contribution in [1.82, 2.24) is 15.3 Å². The molecule has 1 aromatic rings. The Morgan fingerprint density at radius 2 is 2.50 bits per heavy atom. The molecule has 0 amide bonds. The summed E-state index contributed by atoms with van der Waals surface area (Å²) in [5.41, 5.74) is 0. The number of hydrogen-bond acceptors (Lipinski definition) is 4. The molecule has 1 aliphatic rings. The smallest absolute Gasteiger partial charge is 0.144 e. The monoisotopic (exact) mass is 192 g/mol. The first-order valence-corrected chi connectivity index (χ1v) is 5.16. The lowest BCUT2D eigenvalue weighted by atomic mass is 10.00. The molecule has 1 saturated heterocycles. The van der Waals surface area contributed by atoms with Crippen LogP contribution in [0.25, 0.3) is 0 Å². The van der Waals surface area contributed by atoms with E-state index in [1.54, 1.807) is 18.6 Å². The van der Waals surface area contributed by atoms with Gasteiger partial charge in [-0.3, -0.25) is 4.98 Å². The first kappa shape index (κ1) is 9.40. The molecule has 0 spiro atoms. The number of nitrogens with one attached hydrogen (secondary N) is 2. The van der Waals surface area contributed by atoms with Gasteiger partial charge in [0, 0.05) is 18.9 Å². The van der Waals surface area contributed by atoms with Crippen LogP contribution in [-0.2, 0) is 0 Å². The van der Waals surface area contributed by atoms with Gasteiger partial charge in [-0.15, -0.1) is 0 Å². The third kappa shape index (κ3) is 2.67. The maximum Gasteiger partial charge on any atom is 0.144 e. The highest BCUT2D eigenvalue weighted by molar-refractivity contribution is 5.29. The Balaban J connectivity index is 1.76. The van der Waals surface area contributed by atoms with Crippen molar-refractivity contribution < 1.29 is 0 Å². The standard InChI is InChI=1S/C10H16N4/c1-2-9(6-11-3-1)7-14-10-8-12-4-5-13-10/h4-5,8-9,11H,1-3,6-7H2,(H,13,14)/t9-/m1/s1. The van der Waals surface area contributed by atoms with Crippen LogP contribution < -0.4 is 10.6 Å². The maximum atomic E-state index is 4.17. The quantitative estimate of drug-likeness (QED) is 0.746. The molecule has 0 aromatic carbocycles. The van der Waals surface area contributed by atoms with E-state index in [9.17, 15) is 0 Å². The molecular weight excluding hydrogens is 176 g/mol. The molecule has 0 radical (unpaired) electrons.